The summed E-state index contributed by atoms with van der Waals surface area (Å²) in [5.41, 5.74) is 1.08. The van der Waals surface area contributed by atoms with Gasteiger partial charge in [-0.3, -0.25) is 9.59 Å². The Morgan fingerprint density at radius 2 is 2.00 bits per heavy atom. The smallest absolute Gasteiger partial charge is 0.235 e. The summed E-state index contributed by atoms with van der Waals surface area (Å²) in [6.07, 6.45) is 0. The highest BCUT2D eigenvalue weighted by atomic mass is 32.2. The number of carbonyl (C=O) groups is 2. The van der Waals surface area contributed by atoms with Gasteiger partial charge in [-0.1, -0.05) is 35.5 Å². The molecule has 7 heteroatoms. The monoisotopic (exact) mass is 333 g/mol. The van der Waals surface area contributed by atoms with Crippen LogP contribution in [-0.4, -0.2) is 40.4 Å². The number of hydrogen-bond acceptors (Lipinski definition) is 5. The summed E-state index contributed by atoms with van der Waals surface area (Å²) in [5.74, 6) is 1.25. The molecular weight excluding hydrogens is 314 g/mol. The van der Waals surface area contributed by atoms with Crippen molar-refractivity contribution in [2.24, 2.45) is 0 Å². The van der Waals surface area contributed by atoms with Crippen LogP contribution in [-0.2, 0) is 16.1 Å². The maximum absolute atomic E-state index is 12.0. The van der Waals surface area contributed by atoms with Crippen molar-refractivity contribution in [1.29, 1.82) is 0 Å². The standard InChI is InChI=1S/C16H19N3O3S/c1-12-8-14(18-22-12)17-15(20)10-23-11-16(21)19(2)9-13-6-4-3-5-7-13/h3-8H,9-11H2,1-2H3,(H,17,18,20). The Hall–Kier alpha value is -2.28. The fraction of sp³-hybridized carbons (Fsp3) is 0.312. The molecule has 2 amide bonds. The highest BCUT2D eigenvalue weighted by Gasteiger charge is 2.11. The molecule has 1 N–H and O–H groups in total. The van der Waals surface area contributed by atoms with Crippen LogP contribution >= 0.6 is 11.8 Å². The first-order chi connectivity index (χ1) is 11.0. The SMILES string of the molecule is Cc1cc(NC(=O)CSCC(=O)N(C)Cc2ccccc2)no1. The van der Waals surface area contributed by atoms with Crippen LogP contribution in [0, 0.1) is 6.92 Å². The van der Waals surface area contributed by atoms with E-state index < -0.39 is 0 Å². The Kier molecular flexibility index (Phi) is 6.22. The largest absolute Gasteiger partial charge is 0.360 e. The Morgan fingerprint density at radius 1 is 1.26 bits per heavy atom. The van der Waals surface area contributed by atoms with Crippen LogP contribution in [0.1, 0.15) is 11.3 Å². The molecule has 0 atom stereocenters. The molecule has 0 radical (unpaired) electrons. The Balaban J connectivity index is 1.68. The lowest BCUT2D eigenvalue weighted by Crippen LogP contribution is -2.28. The van der Waals surface area contributed by atoms with E-state index in [1.807, 2.05) is 30.3 Å². The van der Waals surface area contributed by atoms with Gasteiger partial charge in [0.05, 0.1) is 11.5 Å². The molecule has 1 aromatic carbocycles. The molecule has 1 heterocycles. The molecule has 0 unspecified atom stereocenters. The number of nitrogens with one attached hydrogen (secondary N) is 1. The molecule has 2 rings (SSSR count). The van der Waals surface area contributed by atoms with E-state index in [2.05, 4.69) is 10.5 Å². The molecule has 0 saturated carbocycles. The zero-order valence-corrected chi connectivity index (χ0v) is 13.9. The third-order valence-electron chi connectivity index (χ3n) is 3.04. The summed E-state index contributed by atoms with van der Waals surface area (Å²) in [6.45, 7) is 2.31. The summed E-state index contributed by atoms with van der Waals surface area (Å²) in [6, 6.07) is 11.4. The minimum atomic E-state index is -0.207. The third kappa shape index (κ3) is 5.78. The molecule has 1 aromatic heterocycles. The minimum Gasteiger partial charge on any atom is -0.360 e. The summed E-state index contributed by atoms with van der Waals surface area (Å²) < 4.78 is 4.86. The molecule has 2 aromatic rings. The molecule has 0 spiro atoms. The van der Waals surface area contributed by atoms with Crippen molar-refractivity contribution in [3.05, 3.63) is 47.7 Å². The van der Waals surface area contributed by atoms with Gasteiger partial charge in [0.2, 0.25) is 11.8 Å². The van der Waals surface area contributed by atoms with Crippen molar-refractivity contribution in [3.63, 3.8) is 0 Å². The lowest BCUT2D eigenvalue weighted by molar-refractivity contribution is -0.127. The molecule has 6 nitrogen and oxygen atoms in total. The topological polar surface area (TPSA) is 75.4 Å². The fourth-order valence-electron chi connectivity index (χ4n) is 1.89. The highest BCUT2D eigenvalue weighted by molar-refractivity contribution is 8.00. The number of carbonyl (C=O) groups excluding carboxylic acids is 2. The van der Waals surface area contributed by atoms with E-state index in [4.69, 9.17) is 4.52 Å². The van der Waals surface area contributed by atoms with E-state index in [0.717, 1.165) is 5.56 Å². The number of aryl methyl sites for hydroxylation is 1. The van der Waals surface area contributed by atoms with Gasteiger partial charge in [0.25, 0.3) is 0 Å². The highest BCUT2D eigenvalue weighted by Crippen LogP contribution is 2.09. The van der Waals surface area contributed by atoms with E-state index in [1.54, 1.807) is 24.9 Å². The number of nitrogens with zero attached hydrogens (tertiary/aromatic N) is 2. The predicted molar refractivity (Wildman–Crippen MR) is 90.1 cm³/mol. The van der Waals surface area contributed by atoms with Crippen molar-refractivity contribution in [2.45, 2.75) is 13.5 Å². The van der Waals surface area contributed by atoms with Gasteiger partial charge in [0.1, 0.15) is 5.76 Å². The van der Waals surface area contributed by atoms with Crippen LogP contribution in [0.5, 0.6) is 0 Å². The van der Waals surface area contributed by atoms with Crippen LogP contribution in [0.15, 0.2) is 40.9 Å². The van der Waals surface area contributed by atoms with Gasteiger partial charge >= 0.3 is 0 Å². The molecule has 0 aliphatic rings. The van der Waals surface area contributed by atoms with Gasteiger partial charge in [-0.25, -0.2) is 0 Å². The van der Waals surface area contributed by atoms with Gasteiger partial charge < -0.3 is 14.7 Å². The lowest BCUT2D eigenvalue weighted by atomic mass is 10.2. The molecule has 0 saturated heterocycles. The molecule has 0 aliphatic heterocycles. The van der Waals surface area contributed by atoms with Gasteiger partial charge in [-0.05, 0) is 12.5 Å². The normalized spacial score (nSPS) is 10.3. The van der Waals surface area contributed by atoms with E-state index in [1.165, 1.54) is 11.8 Å². The van der Waals surface area contributed by atoms with E-state index in [0.29, 0.717) is 18.1 Å². The van der Waals surface area contributed by atoms with Crippen molar-refractivity contribution >= 4 is 29.4 Å². The average Bonchev–Trinajstić information content (AvgIpc) is 2.93. The molecule has 0 aliphatic carbocycles. The summed E-state index contributed by atoms with van der Waals surface area (Å²) >= 11 is 1.27. The van der Waals surface area contributed by atoms with Crippen molar-refractivity contribution in [2.75, 3.05) is 23.9 Å². The lowest BCUT2D eigenvalue weighted by Gasteiger charge is -2.17. The predicted octanol–water partition coefficient (Wildman–Crippen LogP) is 2.31. The molecular formula is C16H19N3O3S. The number of anilines is 1. The fourth-order valence-corrected chi connectivity index (χ4v) is 2.65. The number of rotatable bonds is 7. The first-order valence-electron chi connectivity index (χ1n) is 7.13. The molecule has 0 bridgehead atoms. The van der Waals surface area contributed by atoms with Gasteiger partial charge in [0.15, 0.2) is 5.82 Å². The first kappa shape index (κ1) is 17.1. The van der Waals surface area contributed by atoms with Gasteiger partial charge in [-0.15, -0.1) is 11.8 Å². The van der Waals surface area contributed by atoms with Crippen LogP contribution in [0.4, 0.5) is 5.82 Å². The van der Waals surface area contributed by atoms with Crippen LogP contribution in [0.25, 0.3) is 0 Å². The summed E-state index contributed by atoms with van der Waals surface area (Å²) in [4.78, 5) is 25.4. The van der Waals surface area contributed by atoms with E-state index in [9.17, 15) is 9.59 Å². The number of amides is 2. The third-order valence-corrected chi connectivity index (χ3v) is 3.96. The molecule has 122 valence electrons. The van der Waals surface area contributed by atoms with E-state index >= 15 is 0 Å². The maximum atomic E-state index is 12.0. The van der Waals surface area contributed by atoms with Crippen LogP contribution in [0.3, 0.4) is 0 Å². The zero-order chi connectivity index (χ0) is 16.7. The van der Waals surface area contributed by atoms with Crippen LogP contribution in [0.2, 0.25) is 0 Å². The Bertz CT molecular complexity index is 658. The van der Waals surface area contributed by atoms with Crippen LogP contribution < -0.4 is 5.32 Å². The number of hydrogen-bond donors (Lipinski definition) is 1. The maximum Gasteiger partial charge on any atom is 0.235 e. The van der Waals surface area contributed by atoms with Gasteiger partial charge in [-0.2, -0.15) is 0 Å². The second-order valence-corrected chi connectivity index (χ2v) is 6.08. The number of benzene rings is 1. The van der Waals surface area contributed by atoms with Crippen molar-refractivity contribution in [1.82, 2.24) is 10.1 Å². The Labute approximate surface area is 139 Å². The van der Waals surface area contributed by atoms with Crippen molar-refractivity contribution < 1.29 is 14.1 Å². The quantitative estimate of drug-likeness (QED) is 0.841. The number of thioether (sulfide) groups is 1. The minimum absolute atomic E-state index is 0.0102. The summed E-state index contributed by atoms with van der Waals surface area (Å²) in [7, 11) is 1.76. The van der Waals surface area contributed by atoms with E-state index in [-0.39, 0.29) is 23.3 Å². The molecule has 0 fully saturated rings. The zero-order valence-electron chi connectivity index (χ0n) is 13.1. The van der Waals surface area contributed by atoms with Crippen molar-refractivity contribution in [3.8, 4) is 0 Å². The first-order valence-corrected chi connectivity index (χ1v) is 8.29. The summed E-state index contributed by atoms with van der Waals surface area (Å²) in [5, 5.41) is 6.30. The second kappa shape index (κ2) is 8.38. The molecule has 23 heavy (non-hydrogen) atoms. The second-order valence-electron chi connectivity index (χ2n) is 5.10. The number of aromatic nitrogens is 1. The Morgan fingerprint density at radius 3 is 2.65 bits per heavy atom. The average molecular weight is 333 g/mol. The van der Waals surface area contributed by atoms with Gasteiger partial charge in [0, 0.05) is 19.7 Å².